The number of aliphatic hydroxyl groups is 1. The molecule has 0 aromatic carbocycles. The summed E-state index contributed by atoms with van der Waals surface area (Å²) in [6.07, 6.45) is 3.92. The van der Waals surface area contributed by atoms with Crippen molar-refractivity contribution in [1.82, 2.24) is 9.97 Å². The summed E-state index contributed by atoms with van der Waals surface area (Å²) in [4.78, 5) is 10.4. The average Bonchev–Trinajstić information content (AvgIpc) is 2.39. The third-order valence-corrected chi connectivity index (χ3v) is 2.97. The maximum Gasteiger partial charge on any atom is 0.132 e. The number of hydrogen-bond donors (Lipinski definition) is 1. The van der Waals surface area contributed by atoms with Crippen LogP contribution in [0, 0.1) is 0 Å². The fourth-order valence-corrected chi connectivity index (χ4v) is 1.97. The van der Waals surface area contributed by atoms with Gasteiger partial charge in [-0.1, -0.05) is 0 Å². The van der Waals surface area contributed by atoms with Crippen LogP contribution in [0.5, 0.6) is 0 Å². The number of hydrogen-bond acceptors (Lipinski definition) is 5. The van der Waals surface area contributed by atoms with E-state index in [1.807, 2.05) is 6.07 Å². The lowest BCUT2D eigenvalue weighted by molar-refractivity contribution is 0.0818. The van der Waals surface area contributed by atoms with E-state index in [1.165, 1.54) is 6.33 Å². The van der Waals surface area contributed by atoms with Crippen molar-refractivity contribution in [2.75, 3.05) is 25.1 Å². The van der Waals surface area contributed by atoms with Gasteiger partial charge in [0.15, 0.2) is 0 Å². The molecule has 1 aromatic rings. The minimum atomic E-state index is -0.0376. The number of aromatic nitrogens is 2. The largest absolute Gasteiger partial charge is 0.390 e. The third-order valence-electron chi connectivity index (χ3n) is 2.97. The molecule has 0 amide bonds. The van der Waals surface area contributed by atoms with Gasteiger partial charge in [-0.15, -0.1) is 0 Å². The molecular weight excluding hydrogens is 206 g/mol. The van der Waals surface area contributed by atoms with E-state index in [0.29, 0.717) is 11.8 Å². The molecule has 0 bridgehead atoms. The Morgan fingerprint density at radius 1 is 1.44 bits per heavy atom. The smallest absolute Gasteiger partial charge is 0.132 e. The van der Waals surface area contributed by atoms with Crippen LogP contribution in [-0.2, 0) is 11.3 Å². The molecule has 1 fully saturated rings. The second-order valence-corrected chi connectivity index (χ2v) is 3.95. The van der Waals surface area contributed by atoms with Crippen LogP contribution < -0.4 is 4.90 Å². The Morgan fingerprint density at radius 2 is 2.19 bits per heavy atom. The van der Waals surface area contributed by atoms with Gasteiger partial charge in [-0.3, -0.25) is 0 Å². The fraction of sp³-hybridized carbons (Fsp3) is 0.636. The van der Waals surface area contributed by atoms with Gasteiger partial charge in [-0.25, -0.2) is 9.97 Å². The van der Waals surface area contributed by atoms with E-state index in [0.717, 1.165) is 31.7 Å². The summed E-state index contributed by atoms with van der Waals surface area (Å²) >= 11 is 0. The molecule has 0 unspecified atom stereocenters. The minimum absolute atomic E-state index is 0.0376. The van der Waals surface area contributed by atoms with Crippen LogP contribution in [-0.4, -0.2) is 41.4 Å². The molecule has 0 radical (unpaired) electrons. The average molecular weight is 223 g/mol. The second kappa shape index (κ2) is 5.23. The zero-order chi connectivity index (χ0) is 11.4. The number of rotatable bonds is 3. The molecule has 5 heteroatoms. The van der Waals surface area contributed by atoms with Gasteiger partial charge in [-0.2, -0.15) is 0 Å². The number of piperidine rings is 1. The van der Waals surface area contributed by atoms with Crippen molar-refractivity contribution in [3.05, 3.63) is 18.1 Å². The maximum atomic E-state index is 9.01. The molecule has 1 saturated heterocycles. The summed E-state index contributed by atoms with van der Waals surface area (Å²) in [5.41, 5.74) is 0.666. The summed E-state index contributed by atoms with van der Waals surface area (Å²) in [5.74, 6) is 0.897. The van der Waals surface area contributed by atoms with Gasteiger partial charge in [0.25, 0.3) is 0 Å². The maximum absolute atomic E-state index is 9.01. The van der Waals surface area contributed by atoms with E-state index < -0.39 is 0 Å². The van der Waals surface area contributed by atoms with Crippen LogP contribution in [0.1, 0.15) is 18.5 Å². The highest BCUT2D eigenvalue weighted by Gasteiger charge is 2.19. The molecule has 16 heavy (non-hydrogen) atoms. The molecule has 88 valence electrons. The van der Waals surface area contributed by atoms with E-state index in [-0.39, 0.29) is 6.61 Å². The fourth-order valence-electron chi connectivity index (χ4n) is 1.97. The number of anilines is 1. The summed E-state index contributed by atoms with van der Waals surface area (Å²) in [5, 5.41) is 9.01. The topological polar surface area (TPSA) is 58.5 Å². The van der Waals surface area contributed by atoms with Crippen LogP contribution in [0.15, 0.2) is 12.4 Å². The highest BCUT2D eigenvalue weighted by Crippen LogP contribution is 2.19. The Labute approximate surface area is 95.1 Å². The molecule has 1 aliphatic rings. The van der Waals surface area contributed by atoms with Crippen LogP contribution in [0.3, 0.4) is 0 Å². The Bertz CT molecular complexity index is 338. The van der Waals surface area contributed by atoms with Crippen molar-refractivity contribution in [3.8, 4) is 0 Å². The first kappa shape index (κ1) is 11.3. The Kier molecular flexibility index (Phi) is 3.69. The Hall–Kier alpha value is -1.20. The molecular formula is C11H17N3O2. The van der Waals surface area contributed by atoms with Crippen molar-refractivity contribution in [1.29, 1.82) is 0 Å². The second-order valence-electron chi connectivity index (χ2n) is 3.95. The normalized spacial score (nSPS) is 17.8. The molecule has 0 aliphatic carbocycles. The molecule has 0 saturated carbocycles. The van der Waals surface area contributed by atoms with Gasteiger partial charge in [0.05, 0.1) is 18.4 Å². The number of ether oxygens (including phenoxy) is 1. The van der Waals surface area contributed by atoms with E-state index in [1.54, 1.807) is 7.11 Å². The SMILES string of the molecule is COC1CCN(c2cc(CO)ncn2)CC1. The monoisotopic (exact) mass is 223 g/mol. The number of methoxy groups -OCH3 is 1. The predicted molar refractivity (Wildman–Crippen MR) is 60.2 cm³/mol. The zero-order valence-corrected chi connectivity index (χ0v) is 9.46. The van der Waals surface area contributed by atoms with Crippen molar-refractivity contribution in [3.63, 3.8) is 0 Å². The van der Waals surface area contributed by atoms with Gasteiger partial charge < -0.3 is 14.7 Å². The van der Waals surface area contributed by atoms with Gasteiger partial charge in [-0.05, 0) is 12.8 Å². The number of aliphatic hydroxyl groups excluding tert-OH is 1. The summed E-state index contributed by atoms with van der Waals surface area (Å²) in [6, 6.07) is 1.84. The van der Waals surface area contributed by atoms with E-state index in [2.05, 4.69) is 14.9 Å². The van der Waals surface area contributed by atoms with Gasteiger partial charge in [0.1, 0.15) is 12.1 Å². The summed E-state index contributed by atoms with van der Waals surface area (Å²) in [7, 11) is 1.76. The summed E-state index contributed by atoms with van der Waals surface area (Å²) in [6.45, 7) is 1.85. The molecule has 2 rings (SSSR count). The molecule has 1 aliphatic heterocycles. The van der Waals surface area contributed by atoms with Crippen LogP contribution in [0.25, 0.3) is 0 Å². The minimum Gasteiger partial charge on any atom is -0.390 e. The van der Waals surface area contributed by atoms with Crippen molar-refractivity contribution in [2.45, 2.75) is 25.6 Å². The lowest BCUT2D eigenvalue weighted by atomic mass is 10.1. The number of nitrogens with zero attached hydrogens (tertiary/aromatic N) is 3. The van der Waals surface area contributed by atoms with Gasteiger partial charge in [0, 0.05) is 26.3 Å². The van der Waals surface area contributed by atoms with E-state index >= 15 is 0 Å². The van der Waals surface area contributed by atoms with E-state index in [4.69, 9.17) is 9.84 Å². The molecule has 0 atom stereocenters. The zero-order valence-electron chi connectivity index (χ0n) is 9.46. The molecule has 1 N–H and O–H groups in total. The quantitative estimate of drug-likeness (QED) is 0.812. The van der Waals surface area contributed by atoms with Crippen molar-refractivity contribution in [2.24, 2.45) is 0 Å². The first-order chi connectivity index (χ1) is 7.83. The van der Waals surface area contributed by atoms with Gasteiger partial charge >= 0.3 is 0 Å². The van der Waals surface area contributed by atoms with Crippen LogP contribution in [0.2, 0.25) is 0 Å². The van der Waals surface area contributed by atoms with Crippen molar-refractivity contribution < 1.29 is 9.84 Å². The first-order valence-corrected chi connectivity index (χ1v) is 5.53. The standard InChI is InChI=1S/C11H17N3O2/c1-16-10-2-4-14(5-3-10)11-6-9(7-15)12-8-13-11/h6,8,10,15H,2-5,7H2,1H3. The van der Waals surface area contributed by atoms with Crippen molar-refractivity contribution >= 4 is 5.82 Å². The molecule has 1 aromatic heterocycles. The highest BCUT2D eigenvalue weighted by molar-refractivity contribution is 5.39. The first-order valence-electron chi connectivity index (χ1n) is 5.53. The van der Waals surface area contributed by atoms with Crippen LogP contribution >= 0.6 is 0 Å². The lowest BCUT2D eigenvalue weighted by Gasteiger charge is -2.32. The molecule has 0 spiro atoms. The Morgan fingerprint density at radius 3 is 2.81 bits per heavy atom. The Balaban J connectivity index is 2.02. The third kappa shape index (κ3) is 2.48. The lowest BCUT2D eigenvalue weighted by Crippen LogP contribution is -2.37. The van der Waals surface area contributed by atoms with Gasteiger partial charge in [0.2, 0.25) is 0 Å². The van der Waals surface area contributed by atoms with E-state index in [9.17, 15) is 0 Å². The molecule has 2 heterocycles. The molecule has 5 nitrogen and oxygen atoms in total. The predicted octanol–water partition coefficient (Wildman–Crippen LogP) is 0.584. The summed E-state index contributed by atoms with van der Waals surface area (Å²) < 4.78 is 5.32. The highest BCUT2D eigenvalue weighted by atomic mass is 16.5. The van der Waals surface area contributed by atoms with Crippen LogP contribution in [0.4, 0.5) is 5.82 Å².